The highest BCUT2D eigenvalue weighted by Crippen LogP contribution is 2.25. The minimum Gasteiger partial charge on any atom is -0.463 e. The topological polar surface area (TPSA) is 108 Å². The van der Waals surface area contributed by atoms with Crippen molar-refractivity contribution in [1.29, 1.82) is 0 Å². The number of aryl methyl sites for hydroxylation is 1. The van der Waals surface area contributed by atoms with Crippen molar-refractivity contribution in [3.8, 4) is 5.75 Å². The van der Waals surface area contributed by atoms with Gasteiger partial charge in [0, 0.05) is 6.92 Å². The molecule has 0 spiro atoms. The van der Waals surface area contributed by atoms with Gasteiger partial charge in [-0.1, -0.05) is 19.1 Å². The molecule has 1 aromatic rings. The van der Waals surface area contributed by atoms with Crippen LogP contribution in [0, 0.1) is 0 Å². The van der Waals surface area contributed by atoms with E-state index < -0.39 is 37.3 Å². The van der Waals surface area contributed by atoms with Crippen LogP contribution < -0.4 is 10.1 Å². The van der Waals surface area contributed by atoms with Gasteiger partial charge in [0.15, 0.2) is 0 Å². The lowest BCUT2D eigenvalue weighted by Crippen LogP contribution is -2.65. The Balaban J connectivity index is 2.21. The molecule has 0 aromatic heterocycles. The van der Waals surface area contributed by atoms with E-state index >= 15 is 0 Å². The van der Waals surface area contributed by atoms with Crippen LogP contribution in [-0.4, -0.2) is 58.5 Å². The SMILES string of the molecule is CCc1cccc(O[C@@H]2O[C@H](CO)[C@H](O)[C@@H](O)[C@@H]2NC(C)=O)c1. The zero-order chi connectivity index (χ0) is 17.0. The summed E-state index contributed by atoms with van der Waals surface area (Å²) in [4.78, 5) is 11.3. The monoisotopic (exact) mass is 325 g/mol. The molecule has 1 saturated heterocycles. The van der Waals surface area contributed by atoms with Gasteiger partial charge in [0.25, 0.3) is 0 Å². The predicted octanol–water partition coefficient (Wildman–Crippen LogP) is -0.429. The molecule has 0 bridgehead atoms. The zero-order valence-electron chi connectivity index (χ0n) is 13.2. The maximum atomic E-state index is 11.3. The first-order valence-corrected chi connectivity index (χ1v) is 7.61. The molecule has 128 valence electrons. The number of nitrogens with one attached hydrogen (secondary N) is 1. The summed E-state index contributed by atoms with van der Waals surface area (Å²) >= 11 is 0. The molecule has 1 aromatic carbocycles. The molecule has 23 heavy (non-hydrogen) atoms. The third-order valence-corrected chi connectivity index (χ3v) is 3.81. The van der Waals surface area contributed by atoms with Gasteiger partial charge in [0.2, 0.25) is 12.2 Å². The summed E-state index contributed by atoms with van der Waals surface area (Å²) in [5.74, 6) is 0.133. The molecular weight excluding hydrogens is 302 g/mol. The number of aliphatic hydroxyl groups excluding tert-OH is 3. The Labute approximate surface area is 134 Å². The molecule has 0 saturated carbocycles. The first kappa shape index (κ1) is 17.7. The average Bonchev–Trinajstić information content (AvgIpc) is 2.54. The van der Waals surface area contributed by atoms with Crippen LogP contribution in [0.2, 0.25) is 0 Å². The summed E-state index contributed by atoms with van der Waals surface area (Å²) in [5.41, 5.74) is 1.06. The first-order chi connectivity index (χ1) is 11.0. The Morgan fingerprint density at radius 1 is 1.35 bits per heavy atom. The molecule has 7 nitrogen and oxygen atoms in total. The standard InChI is InChI=1S/C16H23NO6/c1-3-10-5-4-6-11(7-10)22-16-13(17-9(2)19)15(21)14(20)12(8-18)23-16/h4-7,12-16,18,20-21H,3,8H2,1-2H3,(H,17,19)/t12-,13+,14+,15+,16-/m1/s1. The van der Waals surface area contributed by atoms with Crippen LogP contribution >= 0.6 is 0 Å². The van der Waals surface area contributed by atoms with Crippen LogP contribution in [0.5, 0.6) is 5.75 Å². The number of amides is 1. The Hall–Kier alpha value is -1.67. The quantitative estimate of drug-likeness (QED) is 0.585. The third kappa shape index (κ3) is 4.20. The largest absolute Gasteiger partial charge is 0.463 e. The van der Waals surface area contributed by atoms with Crippen molar-refractivity contribution >= 4 is 5.91 Å². The maximum absolute atomic E-state index is 11.3. The van der Waals surface area contributed by atoms with Crippen molar-refractivity contribution in [2.24, 2.45) is 0 Å². The summed E-state index contributed by atoms with van der Waals surface area (Å²) in [5, 5.41) is 31.9. The van der Waals surface area contributed by atoms with Crippen molar-refractivity contribution in [2.75, 3.05) is 6.61 Å². The Morgan fingerprint density at radius 2 is 2.09 bits per heavy atom. The summed E-state index contributed by atoms with van der Waals surface area (Å²) in [7, 11) is 0. The number of ether oxygens (including phenoxy) is 2. The van der Waals surface area contributed by atoms with Gasteiger partial charge < -0.3 is 30.1 Å². The number of hydrogen-bond acceptors (Lipinski definition) is 6. The minimum absolute atomic E-state index is 0.386. The molecule has 1 amide bonds. The minimum atomic E-state index is -1.32. The van der Waals surface area contributed by atoms with E-state index in [9.17, 15) is 20.1 Å². The molecule has 5 atom stereocenters. The van der Waals surface area contributed by atoms with Crippen molar-refractivity contribution in [3.63, 3.8) is 0 Å². The van der Waals surface area contributed by atoms with Gasteiger partial charge in [0.1, 0.15) is 30.1 Å². The molecule has 0 unspecified atom stereocenters. The molecule has 0 radical (unpaired) electrons. The van der Waals surface area contributed by atoms with E-state index in [0.717, 1.165) is 12.0 Å². The molecule has 2 rings (SSSR count). The number of carbonyl (C=O) groups is 1. The van der Waals surface area contributed by atoms with Gasteiger partial charge >= 0.3 is 0 Å². The zero-order valence-corrected chi connectivity index (χ0v) is 13.2. The van der Waals surface area contributed by atoms with Gasteiger partial charge in [-0.2, -0.15) is 0 Å². The highest BCUT2D eigenvalue weighted by molar-refractivity contribution is 5.73. The molecule has 1 aliphatic heterocycles. The van der Waals surface area contributed by atoms with E-state index in [1.807, 2.05) is 25.1 Å². The van der Waals surface area contributed by atoms with Crippen LogP contribution in [0.15, 0.2) is 24.3 Å². The Morgan fingerprint density at radius 3 is 2.70 bits per heavy atom. The Kier molecular flexibility index (Phi) is 5.95. The number of hydrogen-bond donors (Lipinski definition) is 4. The van der Waals surface area contributed by atoms with Gasteiger partial charge in [-0.3, -0.25) is 4.79 Å². The van der Waals surface area contributed by atoms with Crippen LogP contribution in [0.25, 0.3) is 0 Å². The lowest BCUT2D eigenvalue weighted by Gasteiger charge is -2.42. The predicted molar refractivity (Wildman–Crippen MR) is 81.8 cm³/mol. The summed E-state index contributed by atoms with van der Waals surface area (Å²) in [6.45, 7) is 2.84. The van der Waals surface area contributed by atoms with Crippen molar-refractivity contribution in [2.45, 2.75) is 50.9 Å². The van der Waals surface area contributed by atoms with Gasteiger partial charge in [0.05, 0.1) is 6.61 Å². The number of aliphatic hydroxyl groups is 3. The molecule has 1 fully saturated rings. The normalized spacial score (nSPS) is 30.7. The first-order valence-electron chi connectivity index (χ1n) is 7.61. The average molecular weight is 325 g/mol. The van der Waals surface area contributed by atoms with E-state index in [0.29, 0.717) is 5.75 Å². The van der Waals surface area contributed by atoms with Crippen LogP contribution in [0.4, 0.5) is 0 Å². The third-order valence-electron chi connectivity index (χ3n) is 3.81. The van der Waals surface area contributed by atoms with E-state index in [1.54, 1.807) is 6.07 Å². The summed E-state index contributed by atoms with van der Waals surface area (Å²) < 4.78 is 11.3. The van der Waals surface area contributed by atoms with Crippen LogP contribution in [-0.2, 0) is 16.0 Å². The van der Waals surface area contributed by atoms with Gasteiger partial charge in [-0.05, 0) is 24.1 Å². The fourth-order valence-corrected chi connectivity index (χ4v) is 2.54. The fraction of sp³-hybridized carbons (Fsp3) is 0.562. The molecule has 1 heterocycles. The van der Waals surface area contributed by atoms with E-state index in [2.05, 4.69) is 5.32 Å². The van der Waals surface area contributed by atoms with E-state index in [4.69, 9.17) is 9.47 Å². The van der Waals surface area contributed by atoms with Crippen molar-refractivity contribution in [3.05, 3.63) is 29.8 Å². The van der Waals surface area contributed by atoms with Gasteiger partial charge in [-0.25, -0.2) is 0 Å². The molecule has 7 heteroatoms. The van der Waals surface area contributed by atoms with E-state index in [1.165, 1.54) is 6.92 Å². The maximum Gasteiger partial charge on any atom is 0.223 e. The van der Waals surface area contributed by atoms with Crippen molar-refractivity contribution < 1.29 is 29.6 Å². The molecule has 4 N–H and O–H groups in total. The highest BCUT2D eigenvalue weighted by Gasteiger charge is 2.46. The number of benzene rings is 1. The second-order valence-corrected chi connectivity index (χ2v) is 5.55. The lowest BCUT2D eigenvalue weighted by molar-refractivity contribution is -0.244. The number of carbonyl (C=O) groups excluding carboxylic acids is 1. The van der Waals surface area contributed by atoms with Crippen LogP contribution in [0.3, 0.4) is 0 Å². The highest BCUT2D eigenvalue weighted by atomic mass is 16.7. The molecule has 1 aliphatic rings. The smallest absolute Gasteiger partial charge is 0.223 e. The summed E-state index contributed by atoms with van der Waals surface area (Å²) in [6.07, 6.45) is -3.82. The van der Waals surface area contributed by atoms with E-state index in [-0.39, 0.29) is 5.91 Å². The molecular formula is C16H23NO6. The van der Waals surface area contributed by atoms with Crippen molar-refractivity contribution in [1.82, 2.24) is 5.32 Å². The van der Waals surface area contributed by atoms with Gasteiger partial charge in [-0.15, -0.1) is 0 Å². The molecule has 0 aliphatic carbocycles. The summed E-state index contributed by atoms with van der Waals surface area (Å²) in [6, 6.07) is 6.41. The van der Waals surface area contributed by atoms with Crippen LogP contribution in [0.1, 0.15) is 19.4 Å². The second-order valence-electron chi connectivity index (χ2n) is 5.55. The second kappa shape index (κ2) is 7.74. The number of rotatable bonds is 5. The fourth-order valence-electron chi connectivity index (χ4n) is 2.54. The lowest BCUT2D eigenvalue weighted by atomic mass is 9.97. The Bertz CT molecular complexity index is 537.